The Hall–Kier alpha value is -2.57. The molecule has 1 aromatic heterocycles. The van der Waals surface area contributed by atoms with Gasteiger partial charge in [-0.2, -0.15) is 0 Å². The summed E-state index contributed by atoms with van der Waals surface area (Å²) in [5, 5.41) is 6.52. The zero-order chi connectivity index (χ0) is 17.6. The number of nitrogens with one attached hydrogen (secondary N) is 1. The fraction of sp³-hybridized carbons (Fsp3) is 0.105. The molecule has 0 fully saturated rings. The van der Waals surface area contributed by atoms with Crippen molar-refractivity contribution >= 4 is 22.9 Å². The van der Waals surface area contributed by atoms with E-state index in [9.17, 15) is 13.6 Å². The maximum absolute atomic E-state index is 13.2. The highest BCUT2D eigenvalue weighted by Crippen LogP contribution is 2.22. The van der Waals surface area contributed by atoms with Crippen LogP contribution in [-0.4, -0.2) is 12.5 Å². The number of anilines is 1. The minimum Gasteiger partial charge on any atom is -0.328 e. The first-order valence-corrected chi connectivity index (χ1v) is 8.68. The zero-order valence-corrected chi connectivity index (χ0v) is 14.1. The van der Waals surface area contributed by atoms with E-state index in [2.05, 4.69) is 5.32 Å². The van der Waals surface area contributed by atoms with Crippen molar-refractivity contribution in [3.05, 3.63) is 88.1 Å². The van der Waals surface area contributed by atoms with Crippen LogP contribution in [0.1, 0.15) is 16.5 Å². The van der Waals surface area contributed by atoms with Gasteiger partial charge in [-0.25, -0.2) is 8.78 Å². The lowest BCUT2D eigenvalue weighted by atomic mass is 10.1. The number of hydrogen-bond donors (Lipinski definition) is 2. The molecule has 1 amide bonds. The highest BCUT2D eigenvalue weighted by atomic mass is 32.1. The van der Waals surface area contributed by atoms with Gasteiger partial charge in [0.2, 0.25) is 0 Å². The number of thiophene rings is 1. The van der Waals surface area contributed by atoms with Crippen LogP contribution >= 0.6 is 11.3 Å². The Bertz CT molecular complexity index is 838. The molecular weight excluding hydrogens is 342 g/mol. The van der Waals surface area contributed by atoms with E-state index in [-0.39, 0.29) is 24.2 Å². The first-order valence-electron chi connectivity index (χ1n) is 7.80. The molecule has 3 nitrogen and oxygen atoms in total. The average molecular weight is 359 g/mol. The van der Waals surface area contributed by atoms with E-state index in [0.717, 1.165) is 22.6 Å². The number of quaternary nitrogens is 1. The molecule has 3 aromatic rings. The predicted octanol–water partition coefficient (Wildman–Crippen LogP) is 3.32. The van der Waals surface area contributed by atoms with E-state index < -0.39 is 11.6 Å². The second-order valence-corrected chi connectivity index (χ2v) is 6.50. The van der Waals surface area contributed by atoms with Gasteiger partial charge >= 0.3 is 0 Å². The molecule has 0 saturated heterocycles. The molecule has 0 saturated carbocycles. The van der Waals surface area contributed by atoms with Crippen molar-refractivity contribution in [3.8, 4) is 0 Å². The lowest BCUT2D eigenvalue weighted by Gasteiger charge is -2.14. The summed E-state index contributed by atoms with van der Waals surface area (Å²) in [6.45, 7) is 0.163. The van der Waals surface area contributed by atoms with Crippen LogP contribution in [-0.2, 0) is 4.79 Å². The van der Waals surface area contributed by atoms with Crippen LogP contribution < -0.4 is 10.6 Å². The van der Waals surface area contributed by atoms with E-state index in [1.165, 1.54) is 6.07 Å². The number of benzene rings is 2. The van der Waals surface area contributed by atoms with E-state index in [4.69, 9.17) is 0 Å². The third kappa shape index (κ3) is 4.49. The van der Waals surface area contributed by atoms with Crippen molar-refractivity contribution in [2.45, 2.75) is 6.04 Å². The van der Waals surface area contributed by atoms with Crippen LogP contribution in [0.2, 0.25) is 0 Å². The predicted molar refractivity (Wildman–Crippen MR) is 94.4 cm³/mol. The molecule has 1 atom stereocenters. The minimum atomic E-state index is -0.984. The molecule has 0 bridgehead atoms. The highest BCUT2D eigenvalue weighted by Gasteiger charge is 2.20. The number of rotatable bonds is 6. The summed E-state index contributed by atoms with van der Waals surface area (Å²) >= 11 is 1.63. The summed E-state index contributed by atoms with van der Waals surface area (Å²) in [5.41, 5.74) is 1.34. The molecule has 3 rings (SSSR count). The Balaban J connectivity index is 1.66. The van der Waals surface area contributed by atoms with Gasteiger partial charge in [-0.05, 0) is 23.6 Å². The number of carbonyl (C=O) groups is 1. The molecule has 0 radical (unpaired) electrons. The van der Waals surface area contributed by atoms with Crippen LogP contribution in [0.15, 0.2) is 66.0 Å². The molecule has 25 heavy (non-hydrogen) atoms. The van der Waals surface area contributed by atoms with Gasteiger partial charge in [0.25, 0.3) is 5.91 Å². The standard InChI is InChI=1S/C19H16F2N2OS/c20-15-9-8-14(11-16(15)21)23-18(24)12-22-19(17-7-4-10-25-17)13-5-2-1-3-6-13/h1-11,19,22H,12H2,(H,23,24)/p+1/t19-/m0/s1. The topological polar surface area (TPSA) is 45.7 Å². The van der Waals surface area contributed by atoms with Gasteiger partial charge < -0.3 is 10.6 Å². The largest absolute Gasteiger partial charge is 0.328 e. The third-order valence-electron chi connectivity index (χ3n) is 3.75. The monoisotopic (exact) mass is 359 g/mol. The first kappa shape index (κ1) is 17.3. The first-order chi connectivity index (χ1) is 12.1. The van der Waals surface area contributed by atoms with Crippen molar-refractivity contribution in [1.82, 2.24) is 0 Å². The number of nitrogens with two attached hydrogens (primary N) is 1. The van der Waals surface area contributed by atoms with Gasteiger partial charge in [0.15, 0.2) is 18.2 Å². The molecule has 2 aromatic carbocycles. The molecule has 0 aliphatic heterocycles. The molecule has 0 unspecified atom stereocenters. The highest BCUT2D eigenvalue weighted by molar-refractivity contribution is 7.10. The summed E-state index contributed by atoms with van der Waals surface area (Å²) in [6.07, 6.45) is 0. The van der Waals surface area contributed by atoms with Gasteiger partial charge in [-0.3, -0.25) is 4.79 Å². The van der Waals surface area contributed by atoms with E-state index >= 15 is 0 Å². The zero-order valence-electron chi connectivity index (χ0n) is 13.3. The molecule has 0 aliphatic carbocycles. The smallest absolute Gasteiger partial charge is 0.279 e. The van der Waals surface area contributed by atoms with E-state index in [1.54, 1.807) is 11.3 Å². The second kappa shape index (κ2) is 8.00. The van der Waals surface area contributed by atoms with Crippen LogP contribution in [0.3, 0.4) is 0 Å². The summed E-state index contributed by atoms with van der Waals surface area (Å²) in [6, 6.07) is 17.2. The number of hydrogen-bond acceptors (Lipinski definition) is 2. The van der Waals surface area contributed by atoms with Crippen molar-refractivity contribution in [2.75, 3.05) is 11.9 Å². The Morgan fingerprint density at radius 2 is 1.84 bits per heavy atom. The quantitative estimate of drug-likeness (QED) is 0.697. The number of halogens is 2. The second-order valence-electron chi connectivity index (χ2n) is 5.52. The third-order valence-corrected chi connectivity index (χ3v) is 4.71. The van der Waals surface area contributed by atoms with Gasteiger partial charge in [0.05, 0.1) is 4.88 Å². The van der Waals surface area contributed by atoms with Crippen LogP contribution in [0.25, 0.3) is 0 Å². The fourth-order valence-electron chi connectivity index (χ4n) is 2.56. The molecule has 6 heteroatoms. The van der Waals surface area contributed by atoms with Crippen molar-refractivity contribution in [1.29, 1.82) is 0 Å². The normalized spacial score (nSPS) is 11.9. The Morgan fingerprint density at radius 3 is 2.52 bits per heavy atom. The molecular formula is C19H17F2N2OS+. The average Bonchev–Trinajstić information content (AvgIpc) is 3.14. The summed E-state index contributed by atoms with van der Waals surface area (Å²) in [4.78, 5) is 13.3. The minimum absolute atomic E-state index is 0.0110. The summed E-state index contributed by atoms with van der Waals surface area (Å²) in [5.74, 6) is -2.20. The Kier molecular flexibility index (Phi) is 5.53. The summed E-state index contributed by atoms with van der Waals surface area (Å²) < 4.78 is 26.2. The molecule has 128 valence electrons. The maximum atomic E-state index is 13.2. The van der Waals surface area contributed by atoms with Gasteiger partial charge in [0.1, 0.15) is 6.04 Å². The Morgan fingerprint density at radius 1 is 1.04 bits per heavy atom. The van der Waals surface area contributed by atoms with E-state index in [1.807, 2.05) is 53.2 Å². The van der Waals surface area contributed by atoms with Gasteiger partial charge in [0, 0.05) is 17.3 Å². The van der Waals surface area contributed by atoms with Gasteiger partial charge in [-0.15, -0.1) is 11.3 Å². The van der Waals surface area contributed by atoms with Crippen LogP contribution in [0.4, 0.5) is 14.5 Å². The van der Waals surface area contributed by atoms with Crippen LogP contribution in [0, 0.1) is 11.6 Å². The fourth-order valence-corrected chi connectivity index (χ4v) is 3.41. The molecule has 1 heterocycles. The maximum Gasteiger partial charge on any atom is 0.279 e. The van der Waals surface area contributed by atoms with Gasteiger partial charge in [-0.1, -0.05) is 36.4 Å². The van der Waals surface area contributed by atoms with Crippen molar-refractivity contribution in [2.24, 2.45) is 0 Å². The lowest BCUT2D eigenvalue weighted by Crippen LogP contribution is -2.87. The molecule has 3 N–H and O–H groups in total. The van der Waals surface area contributed by atoms with E-state index in [0.29, 0.717) is 0 Å². The van der Waals surface area contributed by atoms with Crippen LogP contribution in [0.5, 0.6) is 0 Å². The van der Waals surface area contributed by atoms with Crippen molar-refractivity contribution in [3.63, 3.8) is 0 Å². The van der Waals surface area contributed by atoms with Crippen molar-refractivity contribution < 1.29 is 18.9 Å². The Labute approximate surface area is 148 Å². The summed E-state index contributed by atoms with van der Waals surface area (Å²) in [7, 11) is 0. The lowest BCUT2D eigenvalue weighted by molar-refractivity contribution is -0.675. The number of carbonyl (C=O) groups excluding carboxylic acids is 1. The molecule has 0 aliphatic rings. The number of amides is 1. The SMILES string of the molecule is O=C(C[NH2+][C@@H](c1ccccc1)c1cccs1)Nc1ccc(F)c(F)c1. The molecule has 0 spiro atoms.